The van der Waals surface area contributed by atoms with Crippen LogP contribution >= 0.6 is 0 Å². The summed E-state index contributed by atoms with van der Waals surface area (Å²) in [5.74, 6) is -0.568. The number of likely N-dealkylation sites (tertiary alicyclic amines) is 1. The maximum atomic E-state index is 13.0. The summed E-state index contributed by atoms with van der Waals surface area (Å²) in [5, 5.41) is 13.3. The molecule has 0 radical (unpaired) electrons. The Morgan fingerprint density at radius 2 is 2.06 bits per heavy atom. The fourth-order valence-electron chi connectivity index (χ4n) is 1.88. The van der Waals surface area contributed by atoms with E-state index in [1.165, 1.54) is 12.1 Å². The first kappa shape index (κ1) is 12.8. The Kier molecular flexibility index (Phi) is 4.15. The topological polar surface area (TPSA) is 45.1 Å². The van der Waals surface area contributed by atoms with Gasteiger partial charge in [-0.15, -0.1) is 0 Å². The lowest BCUT2D eigenvalue weighted by molar-refractivity contribution is 0.127. The number of hydrogen-bond acceptors (Lipinski definition) is 4. The van der Waals surface area contributed by atoms with E-state index in [2.05, 4.69) is 17.1 Å². The molecule has 98 valence electrons. The van der Waals surface area contributed by atoms with Crippen LogP contribution in [0.4, 0.5) is 4.39 Å². The van der Waals surface area contributed by atoms with Crippen molar-refractivity contribution in [2.24, 2.45) is 5.16 Å². The van der Waals surface area contributed by atoms with Gasteiger partial charge in [-0.25, -0.2) is 4.39 Å². The third-order valence-corrected chi connectivity index (χ3v) is 2.93. The molecule has 0 aliphatic carbocycles. The Labute approximate surface area is 106 Å². The molecule has 1 fully saturated rings. The van der Waals surface area contributed by atoms with E-state index in [0.29, 0.717) is 5.56 Å². The molecule has 0 unspecified atom stereocenters. The number of halogens is 1. The molecule has 1 N–H and O–H groups in total. The summed E-state index contributed by atoms with van der Waals surface area (Å²) in [6, 6.07) is 3.86. The van der Waals surface area contributed by atoms with Gasteiger partial charge in [-0.3, -0.25) is 0 Å². The van der Waals surface area contributed by atoms with Crippen LogP contribution in [0, 0.1) is 5.82 Å². The van der Waals surface area contributed by atoms with E-state index in [1.807, 2.05) is 0 Å². The van der Waals surface area contributed by atoms with Gasteiger partial charge in [0.2, 0.25) is 0 Å². The molecule has 1 saturated heterocycles. The van der Waals surface area contributed by atoms with E-state index in [1.54, 1.807) is 0 Å². The second kappa shape index (κ2) is 5.82. The van der Waals surface area contributed by atoms with Crippen LogP contribution < -0.4 is 0 Å². The average Bonchev–Trinajstić information content (AvgIpc) is 2.30. The van der Waals surface area contributed by atoms with Crippen LogP contribution in [0.2, 0.25) is 0 Å². The van der Waals surface area contributed by atoms with Crippen molar-refractivity contribution in [3.05, 3.63) is 29.6 Å². The van der Waals surface area contributed by atoms with E-state index in [9.17, 15) is 9.50 Å². The van der Waals surface area contributed by atoms with Crippen molar-refractivity contribution in [1.82, 2.24) is 4.90 Å². The zero-order chi connectivity index (χ0) is 13.0. The molecule has 1 aliphatic rings. The monoisotopic (exact) mass is 252 g/mol. The summed E-state index contributed by atoms with van der Waals surface area (Å²) in [7, 11) is 2.08. The maximum Gasteiger partial charge on any atom is 0.142 e. The minimum absolute atomic E-state index is 0.0967. The highest BCUT2D eigenvalue weighted by Crippen LogP contribution is 2.15. The molecule has 1 aromatic carbocycles. The number of oxime groups is 1. The van der Waals surface area contributed by atoms with Crippen LogP contribution in [-0.4, -0.2) is 35.9 Å². The molecule has 18 heavy (non-hydrogen) atoms. The fourth-order valence-corrected chi connectivity index (χ4v) is 1.88. The number of hydrogen-bond donors (Lipinski definition) is 1. The van der Waals surface area contributed by atoms with Crippen LogP contribution in [0.15, 0.2) is 23.4 Å². The largest absolute Gasteiger partial charge is 0.508 e. The van der Waals surface area contributed by atoms with Crippen LogP contribution in [0.25, 0.3) is 0 Å². The molecule has 0 aromatic heterocycles. The van der Waals surface area contributed by atoms with Crippen molar-refractivity contribution in [1.29, 1.82) is 0 Å². The zero-order valence-corrected chi connectivity index (χ0v) is 10.4. The minimum atomic E-state index is -0.472. The lowest BCUT2D eigenvalue weighted by Crippen LogP contribution is -2.30. The SMILES string of the molecule is CN1CCC(=NOCc2cc(O)cc(F)c2)CC1. The Morgan fingerprint density at radius 1 is 1.33 bits per heavy atom. The van der Waals surface area contributed by atoms with Gasteiger partial charge in [0.05, 0.1) is 5.71 Å². The molecule has 1 aromatic rings. The van der Waals surface area contributed by atoms with E-state index in [0.717, 1.165) is 37.7 Å². The molecule has 2 rings (SSSR count). The zero-order valence-electron chi connectivity index (χ0n) is 10.4. The van der Waals surface area contributed by atoms with Gasteiger partial charge in [0.25, 0.3) is 0 Å². The summed E-state index contributed by atoms with van der Waals surface area (Å²) >= 11 is 0. The van der Waals surface area contributed by atoms with Gasteiger partial charge in [0, 0.05) is 32.0 Å². The second-order valence-corrected chi connectivity index (χ2v) is 4.55. The molecular formula is C13H17FN2O2. The predicted molar refractivity (Wildman–Crippen MR) is 67.0 cm³/mol. The van der Waals surface area contributed by atoms with Crippen molar-refractivity contribution in [2.75, 3.05) is 20.1 Å². The van der Waals surface area contributed by atoms with Crippen molar-refractivity contribution in [2.45, 2.75) is 19.4 Å². The Balaban J connectivity index is 1.86. The lowest BCUT2D eigenvalue weighted by Gasteiger charge is -2.22. The highest BCUT2D eigenvalue weighted by atomic mass is 19.1. The van der Waals surface area contributed by atoms with Gasteiger partial charge in [-0.1, -0.05) is 5.16 Å². The highest BCUT2D eigenvalue weighted by molar-refractivity contribution is 5.84. The third kappa shape index (κ3) is 3.70. The molecule has 0 spiro atoms. The molecule has 0 atom stereocenters. The van der Waals surface area contributed by atoms with Gasteiger partial charge in [-0.2, -0.15) is 0 Å². The maximum absolute atomic E-state index is 13.0. The molecule has 1 aliphatic heterocycles. The fraction of sp³-hybridized carbons (Fsp3) is 0.462. The molecule has 0 amide bonds. The van der Waals surface area contributed by atoms with Crippen LogP contribution in [0.1, 0.15) is 18.4 Å². The number of aromatic hydroxyl groups is 1. The highest BCUT2D eigenvalue weighted by Gasteiger charge is 2.11. The summed E-state index contributed by atoms with van der Waals surface area (Å²) in [5.41, 5.74) is 1.61. The smallest absolute Gasteiger partial charge is 0.142 e. The Hall–Kier alpha value is -1.62. The van der Waals surface area contributed by atoms with Gasteiger partial charge in [0.15, 0.2) is 0 Å². The van der Waals surface area contributed by atoms with Crippen LogP contribution in [0.3, 0.4) is 0 Å². The Bertz CT molecular complexity index is 418. The van der Waals surface area contributed by atoms with Gasteiger partial charge in [-0.05, 0) is 24.7 Å². The van der Waals surface area contributed by atoms with E-state index >= 15 is 0 Å². The lowest BCUT2D eigenvalue weighted by atomic mass is 10.1. The molecular weight excluding hydrogens is 235 g/mol. The number of phenolic OH excluding ortho intramolecular Hbond substituents is 1. The van der Waals surface area contributed by atoms with Crippen molar-refractivity contribution < 1.29 is 14.3 Å². The number of phenols is 1. The number of rotatable bonds is 3. The molecule has 0 saturated carbocycles. The summed E-state index contributed by atoms with van der Waals surface area (Å²) < 4.78 is 13.0. The normalized spacial score (nSPS) is 16.7. The van der Waals surface area contributed by atoms with E-state index in [4.69, 9.17) is 4.84 Å². The number of benzene rings is 1. The number of nitrogens with zero attached hydrogens (tertiary/aromatic N) is 2. The molecule has 4 nitrogen and oxygen atoms in total. The van der Waals surface area contributed by atoms with Crippen LogP contribution in [0.5, 0.6) is 5.75 Å². The summed E-state index contributed by atoms with van der Waals surface area (Å²) in [4.78, 5) is 7.44. The first-order chi connectivity index (χ1) is 8.63. The predicted octanol–water partition coefficient (Wildman–Crippen LogP) is 2.13. The van der Waals surface area contributed by atoms with E-state index < -0.39 is 5.82 Å². The van der Waals surface area contributed by atoms with Gasteiger partial charge in [0.1, 0.15) is 18.2 Å². The van der Waals surface area contributed by atoms with Crippen LogP contribution in [-0.2, 0) is 11.4 Å². The summed E-state index contributed by atoms with van der Waals surface area (Å²) in [6.45, 7) is 2.15. The van der Waals surface area contributed by atoms with Gasteiger partial charge >= 0.3 is 0 Å². The summed E-state index contributed by atoms with van der Waals surface area (Å²) in [6.07, 6.45) is 1.82. The molecule has 5 heteroatoms. The second-order valence-electron chi connectivity index (χ2n) is 4.55. The molecule has 1 heterocycles. The first-order valence-corrected chi connectivity index (χ1v) is 5.98. The average molecular weight is 252 g/mol. The van der Waals surface area contributed by atoms with Gasteiger partial charge < -0.3 is 14.8 Å². The minimum Gasteiger partial charge on any atom is -0.508 e. The standard InChI is InChI=1S/C13H17FN2O2/c1-16-4-2-12(3-5-16)15-18-9-10-6-11(14)8-13(17)7-10/h6-8,17H,2-5,9H2,1H3. The van der Waals surface area contributed by atoms with E-state index in [-0.39, 0.29) is 12.4 Å². The van der Waals surface area contributed by atoms with Crippen molar-refractivity contribution in [3.63, 3.8) is 0 Å². The third-order valence-electron chi connectivity index (χ3n) is 2.93. The first-order valence-electron chi connectivity index (χ1n) is 5.98. The number of piperidine rings is 1. The van der Waals surface area contributed by atoms with Crippen molar-refractivity contribution >= 4 is 5.71 Å². The quantitative estimate of drug-likeness (QED) is 0.838. The Morgan fingerprint density at radius 3 is 2.72 bits per heavy atom. The molecule has 0 bridgehead atoms. The van der Waals surface area contributed by atoms with Crippen molar-refractivity contribution in [3.8, 4) is 5.75 Å².